The maximum atomic E-state index is 12.1. The number of aromatic nitrogens is 3. The maximum Gasteiger partial charge on any atom is 0.361 e. The van der Waals surface area contributed by atoms with Gasteiger partial charge in [-0.05, 0) is 18.1 Å². The van der Waals surface area contributed by atoms with Crippen LogP contribution in [0.5, 0.6) is 0 Å². The smallest absolute Gasteiger partial charge is 0.361 e. The third-order valence-corrected chi connectivity index (χ3v) is 3.95. The zero-order valence-corrected chi connectivity index (χ0v) is 14.9. The number of amides is 1. The van der Waals surface area contributed by atoms with Gasteiger partial charge in [-0.3, -0.25) is 4.79 Å². The summed E-state index contributed by atoms with van der Waals surface area (Å²) in [7, 11) is 0. The van der Waals surface area contributed by atoms with E-state index < -0.39 is 5.97 Å². The Balaban J connectivity index is 1.48. The van der Waals surface area contributed by atoms with Crippen molar-refractivity contribution in [2.75, 3.05) is 6.61 Å². The summed E-state index contributed by atoms with van der Waals surface area (Å²) in [5, 5.41) is 10.5. The molecule has 0 fully saturated rings. The molecule has 27 heavy (non-hydrogen) atoms. The van der Waals surface area contributed by atoms with E-state index in [2.05, 4.69) is 15.6 Å². The fourth-order valence-corrected chi connectivity index (χ4v) is 2.55. The molecular formula is C20H20N4O3. The van der Waals surface area contributed by atoms with Crippen LogP contribution in [-0.2, 0) is 16.1 Å². The molecule has 0 radical (unpaired) electrons. The van der Waals surface area contributed by atoms with Gasteiger partial charge in [-0.25, -0.2) is 9.48 Å². The highest BCUT2D eigenvalue weighted by Gasteiger charge is 2.16. The van der Waals surface area contributed by atoms with E-state index in [1.54, 1.807) is 4.68 Å². The summed E-state index contributed by atoms with van der Waals surface area (Å²) in [5.41, 5.74) is 2.08. The Morgan fingerprint density at radius 1 is 1.07 bits per heavy atom. The van der Waals surface area contributed by atoms with Gasteiger partial charge in [-0.15, -0.1) is 5.10 Å². The molecule has 3 rings (SSSR count). The first kappa shape index (κ1) is 18.3. The van der Waals surface area contributed by atoms with Crippen LogP contribution in [-0.4, -0.2) is 33.5 Å². The first-order valence-electron chi connectivity index (χ1n) is 8.57. The molecule has 7 heteroatoms. The molecule has 0 aliphatic rings. The number of hydrogen-bond donors (Lipinski definition) is 1. The van der Waals surface area contributed by atoms with Crippen LogP contribution in [0.25, 0.3) is 0 Å². The summed E-state index contributed by atoms with van der Waals surface area (Å²) in [6.45, 7) is 1.99. The molecule has 3 aromatic rings. The van der Waals surface area contributed by atoms with E-state index >= 15 is 0 Å². The summed E-state index contributed by atoms with van der Waals surface area (Å²) in [6, 6.07) is 19.1. The zero-order valence-electron chi connectivity index (χ0n) is 14.9. The second-order valence-electron chi connectivity index (χ2n) is 6.06. The predicted molar refractivity (Wildman–Crippen MR) is 98.8 cm³/mol. The lowest BCUT2D eigenvalue weighted by Gasteiger charge is -2.14. The number of esters is 1. The van der Waals surface area contributed by atoms with Gasteiger partial charge in [0.25, 0.3) is 5.91 Å². The molecule has 0 saturated heterocycles. The number of carbonyl (C=O) groups excluding carboxylic acids is 2. The van der Waals surface area contributed by atoms with Crippen LogP contribution < -0.4 is 5.32 Å². The van der Waals surface area contributed by atoms with Crippen molar-refractivity contribution < 1.29 is 14.3 Å². The van der Waals surface area contributed by atoms with Crippen LogP contribution in [0.15, 0.2) is 66.9 Å². The van der Waals surface area contributed by atoms with E-state index in [4.69, 9.17) is 4.74 Å². The van der Waals surface area contributed by atoms with E-state index in [-0.39, 0.29) is 24.2 Å². The predicted octanol–water partition coefficient (Wildman–Crippen LogP) is 2.36. The number of nitrogens with one attached hydrogen (secondary N) is 1. The molecule has 1 heterocycles. The highest BCUT2D eigenvalue weighted by molar-refractivity contribution is 5.89. The molecule has 1 unspecified atom stereocenters. The number of ether oxygens (including phenoxy) is 1. The largest absolute Gasteiger partial charge is 0.451 e. The fourth-order valence-electron chi connectivity index (χ4n) is 2.55. The van der Waals surface area contributed by atoms with E-state index in [0.29, 0.717) is 6.54 Å². The van der Waals surface area contributed by atoms with E-state index in [1.165, 1.54) is 6.20 Å². The van der Waals surface area contributed by atoms with Crippen LogP contribution in [0, 0.1) is 0 Å². The zero-order chi connectivity index (χ0) is 19.1. The van der Waals surface area contributed by atoms with Crippen LogP contribution in [0.4, 0.5) is 0 Å². The molecule has 0 spiro atoms. The number of carbonyl (C=O) groups is 2. The van der Waals surface area contributed by atoms with Crippen molar-refractivity contribution in [3.05, 3.63) is 83.7 Å². The fraction of sp³-hybridized carbons (Fsp3) is 0.200. The molecule has 0 bridgehead atoms. The van der Waals surface area contributed by atoms with Crippen molar-refractivity contribution in [2.45, 2.75) is 19.5 Å². The lowest BCUT2D eigenvalue weighted by atomic mass is 10.1. The normalized spacial score (nSPS) is 11.6. The minimum atomic E-state index is -0.683. The van der Waals surface area contributed by atoms with Crippen molar-refractivity contribution in [1.82, 2.24) is 20.3 Å². The molecular weight excluding hydrogens is 344 g/mol. The lowest BCUT2D eigenvalue weighted by molar-refractivity contribution is -0.124. The average Bonchev–Trinajstić information content (AvgIpc) is 3.16. The summed E-state index contributed by atoms with van der Waals surface area (Å²) in [6.07, 6.45) is 1.50. The highest BCUT2D eigenvalue weighted by atomic mass is 16.5. The summed E-state index contributed by atoms with van der Waals surface area (Å²) in [4.78, 5) is 24.0. The second-order valence-corrected chi connectivity index (χ2v) is 6.06. The minimum absolute atomic E-state index is 0.0647. The Bertz CT molecular complexity index is 894. The van der Waals surface area contributed by atoms with Crippen LogP contribution in [0.1, 0.15) is 34.6 Å². The maximum absolute atomic E-state index is 12.1. The Labute approximate surface area is 157 Å². The molecule has 1 amide bonds. The molecule has 7 nitrogen and oxygen atoms in total. The Morgan fingerprint density at radius 3 is 2.44 bits per heavy atom. The van der Waals surface area contributed by atoms with Crippen molar-refractivity contribution in [2.24, 2.45) is 0 Å². The van der Waals surface area contributed by atoms with E-state index in [1.807, 2.05) is 67.6 Å². The highest BCUT2D eigenvalue weighted by Crippen LogP contribution is 2.10. The quantitative estimate of drug-likeness (QED) is 0.651. The van der Waals surface area contributed by atoms with Crippen molar-refractivity contribution >= 4 is 11.9 Å². The molecule has 1 atom stereocenters. The Hall–Kier alpha value is -3.48. The van der Waals surface area contributed by atoms with Gasteiger partial charge in [-0.1, -0.05) is 65.9 Å². The van der Waals surface area contributed by atoms with Crippen molar-refractivity contribution in [1.29, 1.82) is 0 Å². The van der Waals surface area contributed by atoms with Gasteiger partial charge in [-0.2, -0.15) is 0 Å². The average molecular weight is 364 g/mol. The standard InChI is InChI=1S/C20H20N4O3/c1-15(17-10-6-3-7-11-17)21-19(25)14-27-20(26)18-13-24(23-22-18)12-16-8-4-2-5-9-16/h2-11,13,15H,12,14H2,1H3,(H,21,25). The lowest BCUT2D eigenvalue weighted by Crippen LogP contribution is -2.31. The van der Waals surface area contributed by atoms with Crippen LogP contribution in [0.3, 0.4) is 0 Å². The number of benzene rings is 2. The van der Waals surface area contributed by atoms with Crippen LogP contribution in [0.2, 0.25) is 0 Å². The van der Waals surface area contributed by atoms with Crippen LogP contribution >= 0.6 is 0 Å². The summed E-state index contributed by atoms with van der Waals surface area (Å²) >= 11 is 0. The molecule has 0 aliphatic carbocycles. The Morgan fingerprint density at radius 2 is 1.74 bits per heavy atom. The van der Waals surface area contributed by atoms with Gasteiger partial charge in [0.2, 0.25) is 0 Å². The molecule has 0 aliphatic heterocycles. The first-order chi connectivity index (χ1) is 13.1. The molecule has 1 aromatic heterocycles. The monoisotopic (exact) mass is 364 g/mol. The molecule has 138 valence electrons. The third kappa shape index (κ3) is 5.24. The van der Waals surface area contributed by atoms with E-state index in [9.17, 15) is 9.59 Å². The van der Waals surface area contributed by atoms with Gasteiger partial charge in [0.1, 0.15) is 0 Å². The SMILES string of the molecule is CC(NC(=O)COC(=O)c1cn(Cc2ccccc2)nn1)c1ccccc1. The van der Waals surface area contributed by atoms with Gasteiger partial charge in [0.15, 0.2) is 12.3 Å². The van der Waals surface area contributed by atoms with Gasteiger partial charge in [0.05, 0.1) is 18.8 Å². The minimum Gasteiger partial charge on any atom is -0.451 e. The molecule has 2 aromatic carbocycles. The summed E-state index contributed by atoms with van der Waals surface area (Å²) in [5.74, 6) is -1.06. The molecule has 0 saturated carbocycles. The third-order valence-electron chi connectivity index (χ3n) is 3.95. The Kier molecular flexibility index (Phi) is 5.94. The van der Waals surface area contributed by atoms with Crippen molar-refractivity contribution in [3.63, 3.8) is 0 Å². The van der Waals surface area contributed by atoms with Gasteiger partial charge < -0.3 is 10.1 Å². The molecule has 1 N–H and O–H groups in total. The van der Waals surface area contributed by atoms with Gasteiger partial charge in [0, 0.05) is 0 Å². The second kappa shape index (κ2) is 8.75. The first-order valence-corrected chi connectivity index (χ1v) is 8.57. The number of rotatable bonds is 7. The van der Waals surface area contributed by atoms with Gasteiger partial charge >= 0.3 is 5.97 Å². The summed E-state index contributed by atoms with van der Waals surface area (Å²) < 4.78 is 6.57. The van der Waals surface area contributed by atoms with Crippen molar-refractivity contribution in [3.8, 4) is 0 Å². The number of nitrogens with zero attached hydrogens (tertiary/aromatic N) is 3. The number of hydrogen-bond acceptors (Lipinski definition) is 5. The topological polar surface area (TPSA) is 86.1 Å². The van der Waals surface area contributed by atoms with E-state index in [0.717, 1.165) is 11.1 Å².